The van der Waals surface area contributed by atoms with Crippen molar-refractivity contribution in [2.75, 3.05) is 5.73 Å². The number of carboxylic acid groups (broad SMARTS) is 1. The fourth-order valence-corrected chi connectivity index (χ4v) is 4.40. The first-order chi connectivity index (χ1) is 16.1. The minimum atomic E-state index is -1.20. The predicted molar refractivity (Wildman–Crippen MR) is 136 cm³/mol. The molecule has 0 aliphatic heterocycles. The Bertz CT molecular complexity index is 1360. The van der Waals surface area contributed by atoms with Gasteiger partial charge in [0.25, 0.3) is 0 Å². The molecule has 1 atom stereocenters. The Morgan fingerprint density at radius 1 is 0.971 bits per heavy atom. The van der Waals surface area contributed by atoms with Gasteiger partial charge in [0.2, 0.25) is 5.95 Å². The van der Waals surface area contributed by atoms with Crippen LogP contribution >= 0.6 is 11.6 Å². The van der Waals surface area contributed by atoms with Gasteiger partial charge in [-0.2, -0.15) is 0 Å². The number of rotatable bonds is 5. The number of nitrogen functional groups attached to an aromatic ring is 1. The van der Waals surface area contributed by atoms with E-state index in [1.54, 1.807) is 24.5 Å². The van der Waals surface area contributed by atoms with Crippen molar-refractivity contribution in [1.82, 2.24) is 9.97 Å². The van der Waals surface area contributed by atoms with Gasteiger partial charge in [-0.05, 0) is 72.9 Å². The second-order valence-electron chi connectivity index (χ2n) is 9.12. The summed E-state index contributed by atoms with van der Waals surface area (Å²) in [6.45, 7) is 7.44. The topological polar surface area (TPSA) is 98.3 Å². The van der Waals surface area contributed by atoms with Crippen molar-refractivity contribution in [3.05, 3.63) is 77.1 Å². The van der Waals surface area contributed by atoms with Gasteiger partial charge in [0, 0.05) is 28.5 Å². The molecule has 0 aliphatic rings. The summed E-state index contributed by atoms with van der Waals surface area (Å²) in [7, 11) is 0. The second kappa shape index (κ2) is 9.05. The normalized spacial score (nSPS) is 12.6. The number of aliphatic carboxylic acids is 1. The molecule has 4 aromatic rings. The summed E-state index contributed by atoms with van der Waals surface area (Å²) in [4.78, 5) is 20.9. The zero-order valence-corrected chi connectivity index (χ0v) is 20.2. The average molecular weight is 476 g/mol. The smallest absolute Gasteiger partial charge is 0.337 e. The number of carboxylic acids is 1. The molecule has 0 spiro atoms. The van der Waals surface area contributed by atoms with Gasteiger partial charge in [-0.15, -0.1) is 0 Å². The number of aromatic nitrogens is 2. The first kappa shape index (κ1) is 23.7. The molecule has 1 heterocycles. The number of benzene rings is 3. The molecule has 0 fully saturated rings. The van der Waals surface area contributed by atoms with Gasteiger partial charge in [0.05, 0.1) is 5.60 Å². The summed E-state index contributed by atoms with van der Waals surface area (Å²) >= 11 is 6.16. The van der Waals surface area contributed by atoms with Crippen LogP contribution in [0, 0.1) is 6.92 Å². The Morgan fingerprint density at radius 2 is 1.53 bits per heavy atom. The molecule has 34 heavy (non-hydrogen) atoms. The fraction of sp³-hybridized carbons (Fsp3) is 0.222. The monoisotopic (exact) mass is 475 g/mol. The number of carbonyl (C=O) groups is 1. The molecule has 3 aromatic carbocycles. The molecule has 0 radical (unpaired) electrons. The van der Waals surface area contributed by atoms with E-state index < -0.39 is 17.7 Å². The van der Waals surface area contributed by atoms with E-state index in [0.717, 1.165) is 38.6 Å². The van der Waals surface area contributed by atoms with Gasteiger partial charge in [-0.25, -0.2) is 14.8 Å². The van der Waals surface area contributed by atoms with E-state index in [2.05, 4.69) is 9.97 Å². The average Bonchev–Trinajstić information content (AvgIpc) is 2.78. The molecule has 0 saturated carbocycles. The zero-order chi connectivity index (χ0) is 24.6. The lowest BCUT2D eigenvalue weighted by atomic mass is 9.82. The maximum absolute atomic E-state index is 12.6. The number of anilines is 1. The van der Waals surface area contributed by atoms with E-state index >= 15 is 0 Å². The van der Waals surface area contributed by atoms with E-state index in [-0.39, 0.29) is 5.95 Å². The van der Waals surface area contributed by atoms with Gasteiger partial charge in [-0.1, -0.05) is 48.0 Å². The van der Waals surface area contributed by atoms with E-state index in [4.69, 9.17) is 22.1 Å². The van der Waals surface area contributed by atoms with Crippen molar-refractivity contribution in [3.8, 4) is 22.3 Å². The molecule has 0 saturated heterocycles. The maximum Gasteiger partial charge on any atom is 0.337 e. The molecular formula is C27H26ClN3O3. The van der Waals surface area contributed by atoms with Crippen LogP contribution in [0.15, 0.2) is 60.9 Å². The van der Waals surface area contributed by atoms with Crippen LogP contribution in [-0.4, -0.2) is 26.6 Å². The number of ether oxygens (including phenoxy) is 1. The van der Waals surface area contributed by atoms with Crippen LogP contribution in [0.25, 0.3) is 33.0 Å². The van der Waals surface area contributed by atoms with E-state index in [9.17, 15) is 9.90 Å². The van der Waals surface area contributed by atoms with Gasteiger partial charge in [0.1, 0.15) is 0 Å². The van der Waals surface area contributed by atoms with Crippen LogP contribution in [-0.2, 0) is 9.53 Å². The van der Waals surface area contributed by atoms with Crippen LogP contribution in [0.5, 0.6) is 0 Å². The standard InChI is InChI=1S/C27H26ClN3O3/c1-15-21(17-13-30-26(29)31-14-17)19-7-5-6-8-20(19)23(16-9-11-18(28)12-10-16)22(15)24(25(32)33)34-27(2,3)4/h5-14,24H,1-4H3,(H,32,33)(H2,29,30,31). The second-order valence-corrected chi connectivity index (χ2v) is 9.56. The number of hydrogen-bond donors (Lipinski definition) is 2. The van der Waals surface area contributed by atoms with E-state index in [1.165, 1.54) is 0 Å². The zero-order valence-electron chi connectivity index (χ0n) is 19.5. The molecule has 1 aromatic heterocycles. The maximum atomic E-state index is 12.6. The fourth-order valence-electron chi connectivity index (χ4n) is 4.27. The summed E-state index contributed by atoms with van der Waals surface area (Å²) in [5.41, 5.74) is 9.61. The molecule has 0 bridgehead atoms. The van der Waals surface area contributed by atoms with E-state index in [1.807, 2.05) is 64.1 Å². The summed E-state index contributed by atoms with van der Waals surface area (Å²) in [6, 6.07) is 15.3. The molecule has 174 valence electrons. The van der Waals surface area contributed by atoms with Crippen LogP contribution in [0.3, 0.4) is 0 Å². The number of halogens is 1. The Hall–Kier alpha value is -3.48. The lowest BCUT2D eigenvalue weighted by Crippen LogP contribution is -2.28. The highest BCUT2D eigenvalue weighted by Gasteiger charge is 2.33. The Balaban J connectivity index is 2.17. The quantitative estimate of drug-likeness (QED) is 0.344. The summed E-state index contributed by atoms with van der Waals surface area (Å²) in [6.07, 6.45) is 2.11. The third-order valence-corrected chi connectivity index (χ3v) is 5.82. The summed E-state index contributed by atoms with van der Waals surface area (Å²) in [5.74, 6) is -0.897. The highest BCUT2D eigenvalue weighted by molar-refractivity contribution is 6.30. The number of fused-ring (bicyclic) bond motifs is 1. The van der Waals surface area contributed by atoms with Crippen molar-refractivity contribution in [1.29, 1.82) is 0 Å². The molecule has 1 unspecified atom stereocenters. The van der Waals surface area contributed by atoms with Gasteiger partial charge in [-0.3, -0.25) is 0 Å². The molecule has 4 rings (SSSR count). The van der Waals surface area contributed by atoms with Gasteiger partial charge in [0.15, 0.2) is 6.10 Å². The third-order valence-electron chi connectivity index (χ3n) is 5.57. The minimum Gasteiger partial charge on any atom is -0.479 e. The molecule has 0 amide bonds. The number of hydrogen-bond acceptors (Lipinski definition) is 5. The minimum absolute atomic E-state index is 0.170. The lowest BCUT2D eigenvalue weighted by Gasteiger charge is -2.30. The van der Waals surface area contributed by atoms with Crippen LogP contribution in [0.1, 0.15) is 38.0 Å². The highest BCUT2D eigenvalue weighted by Crippen LogP contribution is 2.45. The van der Waals surface area contributed by atoms with Crippen LogP contribution in [0.4, 0.5) is 5.95 Å². The Labute approximate surface area is 203 Å². The van der Waals surface area contributed by atoms with Crippen molar-refractivity contribution < 1.29 is 14.6 Å². The summed E-state index contributed by atoms with van der Waals surface area (Å²) < 4.78 is 6.13. The lowest BCUT2D eigenvalue weighted by molar-refractivity contribution is -0.160. The molecule has 0 aliphatic carbocycles. The van der Waals surface area contributed by atoms with Crippen molar-refractivity contribution in [3.63, 3.8) is 0 Å². The van der Waals surface area contributed by atoms with E-state index in [0.29, 0.717) is 10.6 Å². The van der Waals surface area contributed by atoms with Crippen molar-refractivity contribution >= 4 is 34.3 Å². The first-order valence-corrected chi connectivity index (χ1v) is 11.2. The molecular weight excluding hydrogens is 450 g/mol. The largest absolute Gasteiger partial charge is 0.479 e. The third kappa shape index (κ3) is 4.60. The first-order valence-electron chi connectivity index (χ1n) is 10.9. The van der Waals surface area contributed by atoms with Crippen LogP contribution in [0.2, 0.25) is 5.02 Å². The van der Waals surface area contributed by atoms with Crippen molar-refractivity contribution in [2.45, 2.75) is 39.4 Å². The van der Waals surface area contributed by atoms with Crippen LogP contribution < -0.4 is 5.73 Å². The number of nitrogens with two attached hydrogens (primary N) is 1. The molecule has 3 N–H and O–H groups in total. The SMILES string of the molecule is Cc1c(C(OC(C)(C)C)C(=O)O)c(-c2ccc(Cl)cc2)c2ccccc2c1-c1cnc(N)nc1. The molecule has 7 heteroatoms. The number of nitrogens with zero attached hydrogens (tertiary/aromatic N) is 2. The summed E-state index contributed by atoms with van der Waals surface area (Å²) in [5, 5.41) is 12.7. The van der Waals surface area contributed by atoms with Gasteiger partial charge < -0.3 is 15.6 Å². The van der Waals surface area contributed by atoms with Gasteiger partial charge >= 0.3 is 5.97 Å². The highest BCUT2D eigenvalue weighted by atomic mass is 35.5. The Morgan fingerprint density at radius 3 is 2.06 bits per heavy atom. The van der Waals surface area contributed by atoms with Crippen molar-refractivity contribution in [2.24, 2.45) is 0 Å². The Kier molecular flexibility index (Phi) is 6.30. The molecule has 6 nitrogen and oxygen atoms in total. The predicted octanol–water partition coefficient (Wildman–Crippen LogP) is 6.45.